The summed E-state index contributed by atoms with van der Waals surface area (Å²) in [5.74, 6) is 0.190. The number of nitrogens with zero attached hydrogens (tertiary/aromatic N) is 1. The average molecular weight is 303 g/mol. The van der Waals surface area contributed by atoms with Crippen LogP contribution in [0, 0.1) is 6.92 Å². The Hall–Kier alpha value is -0.500. The molecule has 2 N–H and O–H groups in total. The molecule has 108 valence electrons. The number of aromatic nitrogens is 1. The Labute approximate surface area is 118 Å². The number of rotatable bonds is 6. The molecule has 0 amide bonds. The van der Waals surface area contributed by atoms with E-state index in [2.05, 4.69) is 15.0 Å². The molecule has 5 nitrogen and oxygen atoms in total. The molecule has 1 unspecified atom stereocenters. The Morgan fingerprint density at radius 2 is 2.37 bits per heavy atom. The zero-order valence-electron chi connectivity index (χ0n) is 11.2. The molecular weight excluding hydrogens is 282 g/mol. The van der Waals surface area contributed by atoms with Crippen LogP contribution in [-0.2, 0) is 16.6 Å². The highest BCUT2D eigenvalue weighted by atomic mass is 32.2. The molecule has 0 aliphatic carbocycles. The van der Waals surface area contributed by atoms with Gasteiger partial charge in [-0.3, -0.25) is 0 Å². The van der Waals surface area contributed by atoms with Gasteiger partial charge in [0.2, 0.25) is 10.0 Å². The quantitative estimate of drug-likeness (QED) is 0.833. The molecule has 1 aliphatic heterocycles. The third-order valence-electron chi connectivity index (χ3n) is 3.26. The van der Waals surface area contributed by atoms with Gasteiger partial charge in [-0.15, -0.1) is 11.3 Å². The van der Waals surface area contributed by atoms with Gasteiger partial charge in [-0.05, 0) is 32.7 Å². The number of thiazole rings is 1. The summed E-state index contributed by atoms with van der Waals surface area (Å²) in [6.07, 6.45) is 5.93. The zero-order valence-corrected chi connectivity index (χ0v) is 12.8. The van der Waals surface area contributed by atoms with Crippen molar-refractivity contribution in [3.8, 4) is 0 Å². The second kappa shape index (κ2) is 6.78. The molecule has 2 heterocycles. The number of nitrogens with one attached hydrogen (secondary N) is 2. The first-order valence-corrected chi connectivity index (χ1v) is 9.14. The SMILES string of the molecule is Cc1cnc(CNS(=O)(=O)CCC2CCCCN2)s1. The van der Waals surface area contributed by atoms with Crippen LogP contribution in [-0.4, -0.2) is 31.7 Å². The molecule has 0 radical (unpaired) electrons. The van der Waals surface area contributed by atoms with E-state index in [9.17, 15) is 8.42 Å². The third-order valence-corrected chi connectivity index (χ3v) is 5.53. The van der Waals surface area contributed by atoms with E-state index in [-0.39, 0.29) is 5.75 Å². The molecule has 1 atom stereocenters. The van der Waals surface area contributed by atoms with Crippen LogP contribution < -0.4 is 10.0 Å². The maximum atomic E-state index is 11.9. The van der Waals surface area contributed by atoms with Crippen LogP contribution in [0.3, 0.4) is 0 Å². The molecule has 1 fully saturated rings. The van der Waals surface area contributed by atoms with E-state index in [0.29, 0.717) is 19.0 Å². The third kappa shape index (κ3) is 5.18. The van der Waals surface area contributed by atoms with Gasteiger partial charge in [-0.25, -0.2) is 18.1 Å². The van der Waals surface area contributed by atoms with E-state index in [1.807, 2.05) is 6.92 Å². The molecule has 0 aromatic carbocycles. The maximum Gasteiger partial charge on any atom is 0.212 e. The molecule has 0 saturated carbocycles. The standard InChI is InChI=1S/C12H21N3O2S2/c1-10-8-14-12(18-10)9-15-19(16,17)7-5-11-4-2-3-6-13-11/h8,11,13,15H,2-7,9H2,1H3. The van der Waals surface area contributed by atoms with E-state index >= 15 is 0 Å². The van der Waals surface area contributed by atoms with Crippen molar-refractivity contribution in [1.82, 2.24) is 15.0 Å². The molecule has 1 aliphatic rings. The van der Waals surface area contributed by atoms with Crippen LogP contribution in [0.2, 0.25) is 0 Å². The maximum absolute atomic E-state index is 11.9. The van der Waals surface area contributed by atoms with Crippen LogP contribution in [0.5, 0.6) is 0 Å². The van der Waals surface area contributed by atoms with Crippen molar-refractivity contribution in [2.24, 2.45) is 0 Å². The van der Waals surface area contributed by atoms with E-state index in [1.54, 1.807) is 6.20 Å². The number of hydrogen-bond acceptors (Lipinski definition) is 5. The first-order valence-electron chi connectivity index (χ1n) is 6.67. The fourth-order valence-corrected chi connectivity index (χ4v) is 4.11. The summed E-state index contributed by atoms with van der Waals surface area (Å²) in [4.78, 5) is 5.25. The lowest BCUT2D eigenvalue weighted by molar-refractivity contribution is 0.392. The van der Waals surface area contributed by atoms with E-state index in [1.165, 1.54) is 24.2 Å². The summed E-state index contributed by atoms with van der Waals surface area (Å²) in [5.41, 5.74) is 0. The molecule has 19 heavy (non-hydrogen) atoms. The van der Waals surface area contributed by atoms with Gasteiger partial charge in [-0.1, -0.05) is 6.42 Å². The van der Waals surface area contributed by atoms with Crippen LogP contribution in [0.15, 0.2) is 6.20 Å². The van der Waals surface area contributed by atoms with Crippen LogP contribution in [0.25, 0.3) is 0 Å². The van der Waals surface area contributed by atoms with Crippen molar-refractivity contribution < 1.29 is 8.42 Å². The minimum atomic E-state index is -3.19. The van der Waals surface area contributed by atoms with Gasteiger partial charge in [0.05, 0.1) is 12.3 Å². The predicted molar refractivity (Wildman–Crippen MR) is 77.7 cm³/mol. The van der Waals surface area contributed by atoms with Crippen LogP contribution in [0.4, 0.5) is 0 Å². The molecule has 1 aromatic rings. The zero-order chi connectivity index (χ0) is 13.7. The Balaban J connectivity index is 1.75. The largest absolute Gasteiger partial charge is 0.314 e. The van der Waals surface area contributed by atoms with Crippen LogP contribution in [0.1, 0.15) is 35.6 Å². The lowest BCUT2D eigenvalue weighted by atomic mass is 10.0. The Bertz CT molecular complexity index is 493. The number of sulfonamides is 1. The van der Waals surface area contributed by atoms with Gasteiger partial charge >= 0.3 is 0 Å². The Morgan fingerprint density at radius 3 is 3.00 bits per heavy atom. The Kier molecular flexibility index (Phi) is 5.32. The molecule has 1 saturated heterocycles. The highest BCUT2D eigenvalue weighted by molar-refractivity contribution is 7.89. The first kappa shape index (κ1) is 14.9. The highest BCUT2D eigenvalue weighted by Gasteiger charge is 2.17. The van der Waals surface area contributed by atoms with Gasteiger partial charge in [0.15, 0.2) is 0 Å². The second-order valence-corrected chi connectivity index (χ2v) is 8.19. The van der Waals surface area contributed by atoms with Crippen molar-refractivity contribution in [3.05, 3.63) is 16.1 Å². The van der Waals surface area contributed by atoms with E-state index in [4.69, 9.17) is 0 Å². The average Bonchev–Trinajstić information content (AvgIpc) is 2.82. The van der Waals surface area contributed by atoms with Gasteiger partial charge in [0, 0.05) is 17.1 Å². The number of hydrogen-bond donors (Lipinski definition) is 2. The normalized spacial score (nSPS) is 20.6. The molecule has 0 bridgehead atoms. The topological polar surface area (TPSA) is 71.1 Å². The molecule has 2 rings (SSSR count). The molecule has 0 spiro atoms. The van der Waals surface area contributed by atoms with E-state index < -0.39 is 10.0 Å². The summed E-state index contributed by atoms with van der Waals surface area (Å²) < 4.78 is 26.4. The smallest absolute Gasteiger partial charge is 0.212 e. The second-order valence-electron chi connectivity index (χ2n) is 4.94. The first-order chi connectivity index (χ1) is 9.05. The van der Waals surface area contributed by atoms with Crippen molar-refractivity contribution in [3.63, 3.8) is 0 Å². The number of aryl methyl sites for hydroxylation is 1. The summed E-state index contributed by atoms with van der Waals surface area (Å²) >= 11 is 1.52. The molecule has 7 heteroatoms. The van der Waals surface area contributed by atoms with Crippen molar-refractivity contribution in [2.75, 3.05) is 12.3 Å². The summed E-state index contributed by atoms with van der Waals surface area (Å²) in [5, 5.41) is 4.18. The fraction of sp³-hybridized carbons (Fsp3) is 0.750. The monoisotopic (exact) mass is 303 g/mol. The minimum Gasteiger partial charge on any atom is -0.314 e. The van der Waals surface area contributed by atoms with Gasteiger partial charge < -0.3 is 5.32 Å². The van der Waals surface area contributed by atoms with Crippen LogP contribution >= 0.6 is 11.3 Å². The summed E-state index contributed by atoms with van der Waals surface area (Å²) in [7, 11) is -3.19. The lowest BCUT2D eigenvalue weighted by Crippen LogP contribution is -2.37. The predicted octanol–water partition coefficient (Wildman–Crippen LogP) is 1.40. The lowest BCUT2D eigenvalue weighted by Gasteiger charge is -2.23. The van der Waals surface area contributed by atoms with Gasteiger partial charge in [-0.2, -0.15) is 0 Å². The van der Waals surface area contributed by atoms with E-state index in [0.717, 1.165) is 22.9 Å². The highest BCUT2D eigenvalue weighted by Crippen LogP contribution is 2.12. The van der Waals surface area contributed by atoms with Gasteiger partial charge in [0.25, 0.3) is 0 Å². The van der Waals surface area contributed by atoms with Crippen molar-refractivity contribution >= 4 is 21.4 Å². The van der Waals surface area contributed by atoms with Crippen molar-refractivity contribution in [1.29, 1.82) is 0 Å². The molecule has 1 aromatic heterocycles. The van der Waals surface area contributed by atoms with Gasteiger partial charge in [0.1, 0.15) is 5.01 Å². The number of piperidine rings is 1. The summed E-state index contributed by atoms with van der Waals surface area (Å²) in [6.45, 7) is 3.28. The molecular formula is C12H21N3O2S2. The van der Waals surface area contributed by atoms with Crippen molar-refractivity contribution in [2.45, 2.75) is 45.2 Å². The Morgan fingerprint density at radius 1 is 1.53 bits per heavy atom. The minimum absolute atomic E-state index is 0.190. The summed E-state index contributed by atoms with van der Waals surface area (Å²) in [6, 6.07) is 0.354. The fourth-order valence-electron chi connectivity index (χ4n) is 2.19.